The van der Waals surface area contributed by atoms with Crippen molar-refractivity contribution in [1.29, 1.82) is 0 Å². The first-order valence-corrected chi connectivity index (χ1v) is 16.7. The first-order valence-electron chi connectivity index (χ1n) is 13.7. The molecule has 1 unspecified atom stereocenters. The van der Waals surface area contributed by atoms with Gasteiger partial charge in [0.1, 0.15) is 0 Å². The second-order valence-electron chi connectivity index (χ2n) is 10.9. The molecule has 1 atom stereocenters. The number of hydrogen-bond donors (Lipinski definition) is 0. The number of methoxy groups -OCH3 is 2. The molecule has 0 amide bonds. The zero-order valence-electron chi connectivity index (χ0n) is 26.1. The average Bonchev–Trinajstić information content (AvgIpc) is 2.89. The molecule has 40 heavy (non-hydrogen) atoms. The fourth-order valence-corrected chi connectivity index (χ4v) is 4.45. The van der Waals surface area contributed by atoms with E-state index >= 15 is 0 Å². The van der Waals surface area contributed by atoms with Gasteiger partial charge in [0.05, 0.1) is 29.9 Å². The van der Waals surface area contributed by atoms with Crippen LogP contribution in [0.1, 0.15) is 115 Å². The predicted molar refractivity (Wildman–Crippen MR) is 172 cm³/mol. The molecule has 0 heterocycles. The van der Waals surface area contributed by atoms with Gasteiger partial charge in [-0.15, -0.1) is 0 Å². The fraction of sp³-hybridized carbons (Fsp3) is 0.531. The van der Waals surface area contributed by atoms with E-state index in [0.717, 1.165) is 17.1 Å². The molecule has 2 aromatic rings. The van der Waals surface area contributed by atoms with E-state index in [1.54, 1.807) is 14.2 Å². The van der Waals surface area contributed by atoms with E-state index in [0.29, 0.717) is 35.3 Å². The van der Waals surface area contributed by atoms with Crippen LogP contribution in [0.3, 0.4) is 0 Å². The second kappa shape index (κ2) is 18.0. The first kappa shape index (κ1) is 36.3. The van der Waals surface area contributed by atoms with Crippen LogP contribution in [0.4, 0.5) is 11.4 Å². The van der Waals surface area contributed by atoms with E-state index < -0.39 is 6.23 Å². The third-order valence-electron chi connectivity index (χ3n) is 6.57. The predicted octanol–water partition coefficient (Wildman–Crippen LogP) is 10.5. The van der Waals surface area contributed by atoms with Crippen LogP contribution in [0, 0.1) is 0 Å². The Morgan fingerprint density at radius 2 is 1.02 bits per heavy atom. The third-order valence-corrected chi connectivity index (χ3v) is 6.57. The maximum absolute atomic E-state index is 5.79. The molecule has 0 saturated carbocycles. The number of ether oxygens (including phenoxy) is 2. The van der Waals surface area contributed by atoms with Crippen LogP contribution in [0.5, 0.6) is 0 Å². The van der Waals surface area contributed by atoms with E-state index in [1.807, 2.05) is 13.8 Å². The molecule has 2 aromatic carbocycles. The van der Waals surface area contributed by atoms with Gasteiger partial charge in [-0.25, -0.2) is 9.98 Å². The summed E-state index contributed by atoms with van der Waals surface area (Å²) in [6.45, 7) is 21.5. The summed E-state index contributed by atoms with van der Waals surface area (Å²) in [5, 5.41) is 0. The van der Waals surface area contributed by atoms with Gasteiger partial charge in [-0.05, 0) is 59.8 Å². The zero-order chi connectivity index (χ0) is 30.6. The Morgan fingerprint density at radius 3 is 1.32 bits per heavy atom. The molecule has 0 aliphatic carbocycles. The molecule has 0 radical (unpaired) electrons. The first-order chi connectivity index (χ1) is 18.8. The summed E-state index contributed by atoms with van der Waals surface area (Å²) in [5.74, 6) is 1.86. The van der Waals surface area contributed by atoms with Crippen molar-refractivity contribution in [2.75, 3.05) is 14.2 Å². The molecule has 0 fully saturated rings. The van der Waals surface area contributed by atoms with E-state index in [4.69, 9.17) is 44.6 Å². The van der Waals surface area contributed by atoms with E-state index in [-0.39, 0.29) is 13.1 Å². The SMILES string of the molecule is CO/C(=N/C(OC)C(C)=Nc1c(C(C)C)cccc1C(C)C)C(C)=Nc1c(C(C)C)cccc1C(C)C.[Cl][Fe][Cl]. The summed E-state index contributed by atoms with van der Waals surface area (Å²) in [7, 11) is 12.8. The van der Waals surface area contributed by atoms with Crippen molar-refractivity contribution >= 4 is 48.9 Å². The minimum absolute atomic E-state index is 0.194. The van der Waals surface area contributed by atoms with Gasteiger partial charge in [0.15, 0.2) is 6.23 Å². The zero-order valence-corrected chi connectivity index (χ0v) is 28.7. The minimum atomic E-state index is -0.592. The van der Waals surface area contributed by atoms with Crippen molar-refractivity contribution in [3.8, 4) is 0 Å². The Labute approximate surface area is 257 Å². The van der Waals surface area contributed by atoms with Crippen molar-refractivity contribution in [1.82, 2.24) is 0 Å². The summed E-state index contributed by atoms with van der Waals surface area (Å²) in [6.07, 6.45) is -0.592. The van der Waals surface area contributed by atoms with Gasteiger partial charge in [-0.3, -0.25) is 4.99 Å². The van der Waals surface area contributed by atoms with Crippen molar-refractivity contribution in [2.24, 2.45) is 15.0 Å². The van der Waals surface area contributed by atoms with Crippen LogP contribution in [0.2, 0.25) is 0 Å². The van der Waals surface area contributed by atoms with Crippen molar-refractivity contribution in [2.45, 2.75) is 99.1 Å². The average molecular weight is 632 g/mol. The molecule has 5 nitrogen and oxygen atoms in total. The molecule has 0 bridgehead atoms. The van der Waals surface area contributed by atoms with Crippen LogP contribution >= 0.6 is 20.2 Å². The maximum atomic E-state index is 5.79. The molecule has 224 valence electrons. The Balaban J connectivity index is 0.00000254. The number of hydrogen-bond acceptors (Lipinski definition) is 5. The standard InChI is InChI=1S/C32H47N3O2.2ClH.Fe/c1-19(2)25-15-13-16-26(20(3)4)29(25)33-23(9)31(36-11)35-32(37-12)24(10)34-30-27(21(5)6)17-14-18-28(30)22(7)8;;;/h13-22,31H,1-12H3;2*1H;/q;;;+2/p-2/b33-23?,34-24?,35-32+;;;. The van der Waals surface area contributed by atoms with Gasteiger partial charge in [0.2, 0.25) is 5.90 Å². The van der Waals surface area contributed by atoms with Gasteiger partial charge in [-0.1, -0.05) is 91.8 Å². The molecule has 0 aliphatic heterocycles. The number of halogens is 2. The van der Waals surface area contributed by atoms with Gasteiger partial charge in [0.25, 0.3) is 0 Å². The van der Waals surface area contributed by atoms with Crippen molar-refractivity contribution in [3.05, 3.63) is 58.7 Å². The van der Waals surface area contributed by atoms with Gasteiger partial charge in [-0.2, -0.15) is 0 Å². The van der Waals surface area contributed by atoms with Crippen LogP contribution in [0.15, 0.2) is 51.4 Å². The van der Waals surface area contributed by atoms with Gasteiger partial charge in [0, 0.05) is 7.11 Å². The number of para-hydroxylation sites is 2. The topological polar surface area (TPSA) is 55.5 Å². The summed E-state index contributed by atoms with van der Waals surface area (Å²) in [5.41, 5.74) is 8.37. The molecular weight excluding hydrogens is 585 g/mol. The number of aliphatic imine (C=N–C) groups is 3. The van der Waals surface area contributed by atoms with Crippen LogP contribution in [-0.2, 0) is 22.6 Å². The van der Waals surface area contributed by atoms with E-state index in [1.165, 1.54) is 22.3 Å². The van der Waals surface area contributed by atoms with E-state index in [9.17, 15) is 0 Å². The monoisotopic (exact) mass is 631 g/mol. The second-order valence-corrected chi connectivity index (χ2v) is 12.7. The Morgan fingerprint density at radius 1 is 0.675 bits per heavy atom. The Kier molecular flexibility index (Phi) is 16.3. The molecule has 0 N–H and O–H groups in total. The molecular formula is C32H47Cl2FeN3O2. The number of nitrogens with zero attached hydrogens (tertiary/aromatic N) is 3. The summed E-state index contributed by atoms with van der Waals surface area (Å²) in [4.78, 5) is 14.9. The fourth-order valence-electron chi connectivity index (χ4n) is 4.45. The van der Waals surface area contributed by atoms with Crippen LogP contribution in [-0.4, -0.2) is 37.8 Å². The Bertz CT molecular complexity index is 1120. The van der Waals surface area contributed by atoms with Crippen LogP contribution in [0.25, 0.3) is 0 Å². The van der Waals surface area contributed by atoms with Crippen LogP contribution < -0.4 is 0 Å². The molecule has 8 heteroatoms. The molecule has 0 aromatic heterocycles. The summed E-state index contributed by atoms with van der Waals surface area (Å²) >= 11 is 0.194. The molecule has 2 rings (SSSR count). The number of benzene rings is 2. The summed E-state index contributed by atoms with van der Waals surface area (Å²) < 4.78 is 11.5. The van der Waals surface area contributed by atoms with Gasteiger partial charge < -0.3 is 9.47 Å². The molecule has 0 saturated heterocycles. The number of rotatable bonds is 10. The van der Waals surface area contributed by atoms with Crippen molar-refractivity contribution < 1.29 is 22.6 Å². The van der Waals surface area contributed by atoms with E-state index in [2.05, 4.69) is 91.8 Å². The molecule has 0 spiro atoms. The van der Waals surface area contributed by atoms with Gasteiger partial charge >= 0.3 is 33.3 Å². The third kappa shape index (κ3) is 10.3. The van der Waals surface area contributed by atoms with Crippen molar-refractivity contribution in [3.63, 3.8) is 0 Å². The summed E-state index contributed by atoms with van der Waals surface area (Å²) in [6, 6.07) is 12.9. The Hall–Kier alpha value is -1.69. The normalized spacial score (nSPS) is 13.8. The molecule has 0 aliphatic rings. The quantitative estimate of drug-likeness (QED) is 0.149.